The third kappa shape index (κ3) is 3.64. The van der Waals surface area contributed by atoms with Crippen molar-refractivity contribution in [2.45, 2.75) is 19.0 Å². The lowest BCUT2D eigenvalue weighted by Gasteiger charge is -2.08. The monoisotopic (exact) mass is 333 g/mol. The number of halogens is 3. The molecular formula is C18H14F3NO2. The summed E-state index contributed by atoms with van der Waals surface area (Å²) in [6.07, 6.45) is -0.744. The van der Waals surface area contributed by atoms with Gasteiger partial charge in [0.2, 0.25) is 0 Å². The Kier molecular flexibility index (Phi) is 4.13. The minimum absolute atomic E-state index is 0.0801. The summed E-state index contributed by atoms with van der Waals surface area (Å²) in [5.74, 6) is 0.278. The van der Waals surface area contributed by atoms with Crippen LogP contribution < -0.4 is 0 Å². The van der Waals surface area contributed by atoms with Gasteiger partial charge < -0.3 is 0 Å². The zero-order valence-electron chi connectivity index (χ0n) is 12.6. The molecule has 2 aromatic rings. The van der Waals surface area contributed by atoms with E-state index in [1.165, 1.54) is 12.1 Å². The number of hydrogen-bond donors (Lipinski definition) is 0. The molecular weight excluding hydrogens is 319 g/mol. The van der Waals surface area contributed by atoms with Gasteiger partial charge in [-0.15, -0.1) is 0 Å². The molecule has 0 heterocycles. The van der Waals surface area contributed by atoms with Crippen molar-refractivity contribution in [1.82, 2.24) is 0 Å². The molecule has 0 atom stereocenters. The molecule has 1 aliphatic rings. The maximum atomic E-state index is 12.6. The second-order valence-corrected chi connectivity index (χ2v) is 5.80. The summed E-state index contributed by atoms with van der Waals surface area (Å²) in [5.41, 5.74) is 1.22. The Labute approximate surface area is 136 Å². The summed E-state index contributed by atoms with van der Waals surface area (Å²) in [5, 5.41) is 11.2. The Morgan fingerprint density at radius 1 is 1.00 bits per heavy atom. The fourth-order valence-electron chi connectivity index (χ4n) is 2.43. The fraction of sp³-hybridized carbons (Fsp3) is 0.222. The van der Waals surface area contributed by atoms with E-state index in [9.17, 15) is 23.3 Å². The molecule has 0 spiro atoms. The van der Waals surface area contributed by atoms with E-state index in [2.05, 4.69) is 0 Å². The van der Waals surface area contributed by atoms with E-state index in [0.717, 1.165) is 25.0 Å². The Balaban J connectivity index is 1.85. The molecule has 0 N–H and O–H groups in total. The molecule has 0 unspecified atom stereocenters. The standard InChI is InChI=1S/C18H14F3NO2/c19-18(20,21)16-9-7-14(8-10-16)13-3-5-15(6-4-13)17(22(23)24)11-12-1-2-12/h3-12H,1-2H2. The summed E-state index contributed by atoms with van der Waals surface area (Å²) in [6, 6.07) is 11.5. The molecule has 6 heteroatoms. The number of nitro groups is 1. The average Bonchev–Trinajstić information content (AvgIpc) is 3.36. The first-order valence-corrected chi connectivity index (χ1v) is 7.49. The second kappa shape index (κ2) is 6.11. The maximum absolute atomic E-state index is 12.6. The maximum Gasteiger partial charge on any atom is 0.416 e. The zero-order valence-corrected chi connectivity index (χ0v) is 12.6. The van der Waals surface area contributed by atoms with E-state index in [4.69, 9.17) is 0 Å². The lowest BCUT2D eigenvalue weighted by atomic mass is 10.0. The highest BCUT2D eigenvalue weighted by Crippen LogP contribution is 2.34. The molecule has 3 nitrogen and oxygen atoms in total. The first-order chi connectivity index (χ1) is 11.3. The summed E-state index contributed by atoms with van der Waals surface area (Å²) in [6.45, 7) is 0. The topological polar surface area (TPSA) is 43.1 Å². The molecule has 2 aromatic carbocycles. The fourth-order valence-corrected chi connectivity index (χ4v) is 2.43. The number of hydrogen-bond acceptors (Lipinski definition) is 2. The van der Waals surface area contributed by atoms with Gasteiger partial charge in [0, 0.05) is 0 Å². The van der Waals surface area contributed by atoms with Crippen LogP contribution in [0.25, 0.3) is 16.8 Å². The first-order valence-electron chi connectivity index (χ1n) is 7.49. The van der Waals surface area contributed by atoms with E-state index < -0.39 is 16.7 Å². The molecule has 1 fully saturated rings. The van der Waals surface area contributed by atoms with Gasteiger partial charge in [-0.05, 0) is 60.2 Å². The lowest BCUT2D eigenvalue weighted by Crippen LogP contribution is -2.04. The van der Waals surface area contributed by atoms with Crippen molar-refractivity contribution < 1.29 is 18.1 Å². The van der Waals surface area contributed by atoms with Gasteiger partial charge >= 0.3 is 6.18 Å². The van der Waals surface area contributed by atoms with Crippen LogP contribution in [0, 0.1) is 16.0 Å². The van der Waals surface area contributed by atoms with Crippen molar-refractivity contribution in [3.8, 4) is 11.1 Å². The molecule has 3 rings (SSSR count). The van der Waals surface area contributed by atoms with E-state index in [1.807, 2.05) is 0 Å². The SMILES string of the molecule is O=[N+]([O-])C(=CC1CC1)c1ccc(-c2ccc(C(F)(F)F)cc2)cc1. The molecule has 1 saturated carbocycles. The number of allylic oxidation sites excluding steroid dienone is 1. The van der Waals surface area contributed by atoms with Crippen molar-refractivity contribution in [3.63, 3.8) is 0 Å². The molecule has 124 valence electrons. The first kappa shape index (κ1) is 16.2. The smallest absolute Gasteiger partial charge is 0.258 e. The number of alkyl halides is 3. The lowest BCUT2D eigenvalue weighted by molar-refractivity contribution is -0.375. The van der Waals surface area contributed by atoms with Gasteiger partial charge in [-0.3, -0.25) is 10.1 Å². The zero-order chi connectivity index (χ0) is 17.3. The molecule has 0 aliphatic heterocycles. The minimum Gasteiger partial charge on any atom is -0.258 e. The number of nitrogens with zero attached hydrogens (tertiary/aromatic N) is 1. The predicted molar refractivity (Wildman–Crippen MR) is 84.6 cm³/mol. The molecule has 1 aliphatic carbocycles. The summed E-state index contributed by atoms with van der Waals surface area (Å²) >= 11 is 0. The van der Waals surface area contributed by atoms with Crippen LogP contribution in [0.4, 0.5) is 13.2 Å². The Morgan fingerprint density at radius 2 is 1.50 bits per heavy atom. The van der Waals surface area contributed by atoms with E-state index in [1.54, 1.807) is 30.3 Å². The van der Waals surface area contributed by atoms with E-state index in [0.29, 0.717) is 16.7 Å². The summed E-state index contributed by atoms with van der Waals surface area (Å²) in [4.78, 5) is 10.8. The van der Waals surface area contributed by atoms with Crippen LogP contribution in [-0.2, 0) is 6.18 Å². The van der Waals surface area contributed by atoms with Crippen LogP contribution >= 0.6 is 0 Å². The van der Waals surface area contributed by atoms with E-state index >= 15 is 0 Å². The minimum atomic E-state index is -4.36. The molecule has 0 amide bonds. The van der Waals surface area contributed by atoms with Gasteiger partial charge in [0.1, 0.15) is 0 Å². The third-order valence-corrected chi connectivity index (χ3v) is 3.94. The Morgan fingerprint density at radius 3 is 1.92 bits per heavy atom. The van der Waals surface area contributed by atoms with E-state index in [-0.39, 0.29) is 11.6 Å². The van der Waals surface area contributed by atoms with Crippen molar-refractivity contribution >= 4 is 5.70 Å². The average molecular weight is 333 g/mol. The van der Waals surface area contributed by atoms with Gasteiger partial charge in [0.25, 0.3) is 5.70 Å². The molecule has 0 bridgehead atoms. The van der Waals surface area contributed by atoms with Crippen molar-refractivity contribution in [1.29, 1.82) is 0 Å². The van der Waals surface area contributed by atoms with Crippen molar-refractivity contribution in [2.75, 3.05) is 0 Å². The van der Waals surface area contributed by atoms with Gasteiger partial charge in [-0.2, -0.15) is 13.2 Å². The van der Waals surface area contributed by atoms with Crippen molar-refractivity contribution in [3.05, 3.63) is 75.8 Å². The molecule has 0 radical (unpaired) electrons. The number of benzene rings is 2. The quantitative estimate of drug-likeness (QED) is 0.555. The highest BCUT2D eigenvalue weighted by molar-refractivity contribution is 5.68. The largest absolute Gasteiger partial charge is 0.416 e. The van der Waals surface area contributed by atoms with Crippen LogP contribution in [0.2, 0.25) is 0 Å². The summed E-state index contributed by atoms with van der Waals surface area (Å²) < 4.78 is 37.7. The van der Waals surface area contributed by atoms with Crippen LogP contribution in [0.5, 0.6) is 0 Å². The second-order valence-electron chi connectivity index (χ2n) is 5.80. The third-order valence-electron chi connectivity index (χ3n) is 3.94. The van der Waals surface area contributed by atoms with Gasteiger partial charge in [-0.1, -0.05) is 24.3 Å². The predicted octanol–water partition coefficient (Wildman–Crippen LogP) is 5.40. The number of rotatable bonds is 4. The highest BCUT2D eigenvalue weighted by atomic mass is 19.4. The van der Waals surface area contributed by atoms with Gasteiger partial charge in [-0.25, -0.2) is 0 Å². The molecule has 0 saturated heterocycles. The Hall–Kier alpha value is -2.63. The van der Waals surface area contributed by atoms with Crippen molar-refractivity contribution in [2.24, 2.45) is 5.92 Å². The molecule has 0 aromatic heterocycles. The van der Waals surface area contributed by atoms with Crippen LogP contribution in [-0.4, -0.2) is 4.92 Å². The van der Waals surface area contributed by atoms with Crippen LogP contribution in [0.15, 0.2) is 54.6 Å². The van der Waals surface area contributed by atoms with Gasteiger partial charge in [0.05, 0.1) is 16.1 Å². The van der Waals surface area contributed by atoms with Crippen LogP contribution in [0.3, 0.4) is 0 Å². The highest BCUT2D eigenvalue weighted by Gasteiger charge is 2.30. The van der Waals surface area contributed by atoms with Gasteiger partial charge in [0.15, 0.2) is 0 Å². The summed E-state index contributed by atoms with van der Waals surface area (Å²) in [7, 11) is 0. The normalized spacial score (nSPS) is 15.4. The Bertz CT molecular complexity index is 773. The van der Waals surface area contributed by atoms with Crippen LogP contribution in [0.1, 0.15) is 24.0 Å². The molecule has 24 heavy (non-hydrogen) atoms.